The number of halogens is 6. The van der Waals surface area contributed by atoms with Crippen LogP contribution in [-0.4, -0.2) is 247 Å². The van der Waals surface area contributed by atoms with Crippen molar-refractivity contribution in [1.29, 1.82) is 0 Å². The molecule has 2 aliphatic heterocycles. The van der Waals surface area contributed by atoms with Gasteiger partial charge in [0.1, 0.15) is 48.3 Å². The maximum absolute atomic E-state index is 15.2. The minimum Gasteiger partial charge on any atom is -0.343 e. The molecule has 24 nitrogen and oxygen atoms in total. The van der Waals surface area contributed by atoms with Crippen molar-refractivity contribution in [3.8, 4) is 0 Å². The first kappa shape index (κ1) is 83.4. The first-order chi connectivity index (χ1) is 46.3. The van der Waals surface area contributed by atoms with Crippen LogP contribution in [0.15, 0.2) is 48.5 Å². The molecule has 0 aliphatic carbocycles. The molecule has 2 aromatic carbocycles. The van der Waals surface area contributed by atoms with Crippen molar-refractivity contribution < 1.29 is 79.5 Å². The summed E-state index contributed by atoms with van der Waals surface area (Å²) in [6.45, 7) is 10.5. The highest BCUT2D eigenvalue weighted by Gasteiger charge is 2.42. The number of likely N-dealkylation sites (tertiary alicyclic amines) is 1. The molecule has 12 amide bonds. The summed E-state index contributed by atoms with van der Waals surface area (Å²) in [4.78, 5) is 184. The Kier molecular flexibility index (Phi) is 32.5. The molecular weight excluding hydrogens is 1320 g/mol. The second kappa shape index (κ2) is 38.6. The Morgan fingerprint density at radius 3 is 1.70 bits per heavy atom. The Bertz CT molecular complexity index is 3120. The van der Waals surface area contributed by atoms with E-state index in [1.54, 1.807) is 65.8 Å². The fraction of sp³-hybridized carbons (Fsp3) is 0.652. The Morgan fingerprint density at radius 2 is 1.13 bits per heavy atom. The number of alkyl halides is 5. The van der Waals surface area contributed by atoms with Gasteiger partial charge in [-0.05, 0) is 111 Å². The van der Waals surface area contributed by atoms with Crippen LogP contribution < -0.4 is 21.3 Å². The molecule has 0 saturated carbocycles. The lowest BCUT2D eigenvalue weighted by atomic mass is 9.97. The zero-order valence-corrected chi connectivity index (χ0v) is 60.3. The molecule has 0 spiro atoms. The van der Waals surface area contributed by atoms with E-state index in [0.29, 0.717) is 48.5 Å². The largest absolute Gasteiger partial charge is 0.416 e. The van der Waals surface area contributed by atoms with Crippen LogP contribution >= 0.6 is 11.6 Å². The maximum Gasteiger partial charge on any atom is 0.416 e. The predicted octanol–water partition coefficient (Wildman–Crippen LogP) is 5.17. The summed E-state index contributed by atoms with van der Waals surface area (Å²) in [6, 6.07) is -0.935. The van der Waals surface area contributed by atoms with Crippen molar-refractivity contribution in [2.75, 3.05) is 82.1 Å². The number of amides is 12. The molecule has 0 radical (unpaired) electrons. The van der Waals surface area contributed by atoms with E-state index in [2.05, 4.69) is 21.3 Å². The van der Waals surface area contributed by atoms with Crippen molar-refractivity contribution >= 4 is 82.5 Å². The van der Waals surface area contributed by atoms with Gasteiger partial charge in [-0.15, -0.1) is 0 Å². The van der Waals surface area contributed by atoms with Crippen molar-refractivity contribution in [1.82, 2.24) is 60.5 Å². The third-order valence-corrected chi connectivity index (χ3v) is 18.6. The number of hydrogen-bond acceptors (Lipinski definition) is 12. The summed E-state index contributed by atoms with van der Waals surface area (Å²) < 4.78 is 68.3. The lowest BCUT2D eigenvalue weighted by molar-refractivity contribution is -0.150. The normalized spacial score (nSPS) is 23.7. The lowest BCUT2D eigenvalue weighted by Crippen LogP contribution is -2.60. The molecule has 2 heterocycles. The number of nitrogens with zero attached hydrogens (tertiary/aromatic N) is 8. The van der Waals surface area contributed by atoms with Gasteiger partial charge >= 0.3 is 6.18 Å². The topological polar surface area (TPSA) is 279 Å². The van der Waals surface area contributed by atoms with Gasteiger partial charge in [0.2, 0.25) is 77.3 Å². The number of unbranched alkanes of at least 4 members (excludes halogenated alkanes) is 1. The zero-order valence-electron chi connectivity index (χ0n) is 59.5. The smallest absolute Gasteiger partial charge is 0.343 e. The molecule has 0 aromatic heterocycles. The van der Waals surface area contributed by atoms with Crippen molar-refractivity contribution in [2.45, 2.75) is 193 Å². The summed E-state index contributed by atoms with van der Waals surface area (Å²) in [7, 11) is 9.08. The summed E-state index contributed by atoms with van der Waals surface area (Å²) >= 11 is 6.20. The molecule has 2 fully saturated rings. The standard InChI is InChI=1S/C69H102ClF5N12O12/c1-15-43(6)60-68(99)82(10)39-58(90)80(8)40-59(91)84(12)54(36-46-24-29-48(70)30-25-46)66(97)81(9)38-56(88)76-49(31-26-45-22-27-47(28-23-45)69(73,74)75)62(93)77-50(34-41(2)3)64(95)85(13)52(20-16-17-21-55(71)72)67(98)86(14)53(35-42(4)5)63(94)78-51(65(96)87-32-18-19-33-87)37-57(89)83(11)44(7)61(92)79-60/h22-25,27-30,41-44,49-55,60H,15-21,26,31-40H2,1-14H3,(H,76,88)(H,77,93)(H,78,94)(H,79,92)/t43-,44-,49+,50-,51-,52-,53-,54-,60-/m0/s1. The Morgan fingerprint density at radius 1 is 0.566 bits per heavy atom. The van der Waals surface area contributed by atoms with Gasteiger partial charge in [-0.25, -0.2) is 8.78 Å². The van der Waals surface area contributed by atoms with Gasteiger partial charge in [-0.1, -0.05) is 90.3 Å². The highest BCUT2D eigenvalue weighted by atomic mass is 35.5. The molecule has 2 saturated heterocycles. The van der Waals surface area contributed by atoms with Crippen LogP contribution in [0.2, 0.25) is 5.02 Å². The van der Waals surface area contributed by atoms with E-state index in [4.69, 9.17) is 11.6 Å². The molecule has 2 aromatic rings. The van der Waals surface area contributed by atoms with Crippen LogP contribution in [0.25, 0.3) is 0 Å². The third kappa shape index (κ3) is 25.0. The van der Waals surface area contributed by atoms with Crippen LogP contribution in [0.4, 0.5) is 22.0 Å². The van der Waals surface area contributed by atoms with Crippen LogP contribution in [0.1, 0.15) is 136 Å². The molecule has 9 atom stereocenters. The summed E-state index contributed by atoms with van der Waals surface area (Å²) in [6.07, 6.45) is -8.00. The average Bonchev–Trinajstić information content (AvgIpc) is 1.53. The summed E-state index contributed by atoms with van der Waals surface area (Å²) in [5.41, 5.74) is -0.103. The molecule has 2 aliphatic rings. The first-order valence-electron chi connectivity index (χ1n) is 33.7. The maximum atomic E-state index is 15.2. The van der Waals surface area contributed by atoms with Crippen LogP contribution in [0, 0.1) is 17.8 Å². The van der Waals surface area contributed by atoms with E-state index < -0.39 is 176 Å². The molecule has 0 unspecified atom stereocenters. The average molecular weight is 1420 g/mol. The monoisotopic (exact) mass is 1420 g/mol. The summed E-state index contributed by atoms with van der Waals surface area (Å²) in [5.74, 6) is -10.8. The molecule has 4 rings (SSSR count). The van der Waals surface area contributed by atoms with Crippen LogP contribution in [-0.2, 0) is 76.6 Å². The highest BCUT2D eigenvalue weighted by Crippen LogP contribution is 2.30. The van der Waals surface area contributed by atoms with Crippen molar-refractivity contribution in [3.63, 3.8) is 0 Å². The quantitative estimate of drug-likeness (QED) is 0.118. The number of carbonyl (C=O) groups is 12. The molecule has 0 bridgehead atoms. The van der Waals surface area contributed by atoms with Gasteiger partial charge in [0, 0.05) is 80.3 Å². The minimum atomic E-state index is -4.67. The zero-order chi connectivity index (χ0) is 74.5. The van der Waals surface area contributed by atoms with Crippen LogP contribution in [0.3, 0.4) is 0 Å². The van der Waals surface area contributed by atoms with Gasteiger partial charge in [0.05, 0.1) is 31.6 Å². The number of hydrogen-bond donors (Lipinski definition) is 4. The Hall–Kier alpha value is -7.98. The van der Waals surface area contributed by atoms with Gasteiger partial charge < -0.3 is 60.5 Å². The number of nitrogens with one attached hydrogen (secondary N) is 4. The van der Waals surface area contributed by atoms with Gasteiger partial charge in [-0.3, -0.25) is 57.5 Å². The molecule has 4 N–H and O–H groups in total. The molecular formula is C69H102ClF5N12O12. The van der Waals surface area contributed by atoms with E-state index >= 15 is 9.59 Å². The number of aryl methyl sites for hydroxylation is 1. The number of carbonyl (C=O) groups excluding carboxylic acids is 12. The fourth-order valence-corrected chi connectivity index (χ4v) is 11.9. The predicted molar refractivity (Wildman–Crippen MR) is 361 cm³/mol. The van der Waals surface area contributed by atoms with E-state index in [-0.39, 0.29) is 63.2 Å². The second-order valence-electron chi connectivity index (χ2n) is 27.1. The van der Waals surface area contributed by atoms with Gasteiger partial charge in [-0.2, -0.15) is 13.2 Å². The third-order valence-electron chi connectivity index (χ3n) is 18.4. The van der Waals surface area contributed by atoms with E-state index in [9.17, 15) is 69.9 Å². The highest BCUT2D eigenvalue weighted by molar-refractivity contribution is 6.30. The SMILES string of the molecule is CC[C@H](C)[C@@H]1NC(=O)[C@H](C)N(C)C(=O)C[C@@H](C(=O)N2CCCC2)NC(=O)[C@H](CC(C)C)N(C)C(=O)[C@H](CCCCC(F)F)N(C)C(=O)[C@H](CC(C)C)NC(=O)[C@@H](CCc2ccc(C(F)(F)F)cc2)NC(=O)CN(C)C(=O)[C@H](Cc2ccc(Cl)cc2)N(C)C(=O)CN(C)C(=O)CN(C)C1=O. The molecule has 552 valence electrons. The fourth-order valence-electron chi connectivity index (χ4n) is 11.7. The second-order valence-corrected chi connectivity index (χ2v) is 27.6. The van der Waals surface area contributed by atoms with E-state index in [0.717, 1.165) is 46.4 Å². The van der Waals surface area contributed by atoms with Crippen molar-refractivity contribution in [2.24, 2.45) is 17.8 Å². The molecule has 30 heteroatoms. The van der Waals surface area contributed by atoms with Gasteiger partial charge in [0.25, 0.3) is 0 Å². The van der Waals surface area contributed by atoms with E-state index in [1.807, 2.05) is 0 Å². The lowest BCUT2D eigenvalue weighted by Gasteiger charge is -2.37. The number of benzene rings is 2. The Labute approximate surface area is 583 Å². The number of rotatable bonds is 17. The van der Waals surface area contributed by atoms with E-state index in [1.165, 1.54) is 73.3 Å². The van der Waals surface area contributed by atoms with Crippen molar-refractivity contribution in [3.05, 3.63) is 70.2 Å². The summed E-state index contributed by atoms with van der Waals surface area (Å²) in [5, 5.41) is 11.2. The molecule has 99 heavy (non-hydrogen) atoms. The van der Waals surface area contributed by atoms with Gasteiger partial charge in [0.15, 0.2) is 0 Å². The Balaban J connectivity index is 1.91. The number of likely N-dealkylation sites (N-methyl/N-ethyl adjacent to an activating group) is 7. The first-order valence-corrected chi connectivity index (χ1v) is 34.1. The minimum absolute atomic E-state index is 0.0274. The van der Waals surface area contributed by atoms with Crippen LogP contribution in [0.5, 0.6) is 0 Å².